The number of hydrogen-bond donors (Lipinski definition) is 1. The molecule has 0 saturated carbocycles. The summed E-state index contributed by atoms with van der Waals surface area (Å²) in [6.07, 6.45) is 2.71. The molecular formula is C8H17NS. The Morgan fingerprint density at radius 3 is 2.60 bits per heavy atom. The summed E-state index contributed by atoms with van der Waals surface area (Å²) >= 11 is 2.05. The maximum atomic E-state index is 6.00. The van der Waals surface area contributed by atoms with E-state index < -0.39 is 0 Å². The van der Waals surface area contributed by atoms with Crippen molar-refractivity contribution in [3.8, 4) is 0 Å². The van der Waals surface area contributed by atoms with E-state index >= 15 is 0 Å². The van der Waals surface area contributed by atoms with Gasteiger partial charge >= 0.3 is 0 Å². The van der Waals surface area contributed by atoms with Crippen LogP contribution in [0.15, 0.2) is 0 Å². The van der Waals surface area contributed by atoms with E-state index in [1.807, 2.05) is 0 Å². The van der Waals surface area contributed by atoms with Crippen molar-refractivity contribution in [2.24, 2.45) is 11.7 Å². The van der Waals surface area contributed by atoms with E-state index in [2.05, 4.69) is 25.6 Å². The van der Waals surface area contributed by atoms with Gasteiger partial charge in [0.05, 0.1) is 0 Å². The van der Waals surface area contributed by atoms with Crippen LogP contribution >= 0.6 is 11.8 Å². The molecule has 0 spiro atoms. The SMILES string of the molecule is CC(C)C(N)C1CCCS1. The van der Waals surface area contributed by atoms with Crippen LogP contribution in [0.2, 0.25) is 0 Å². The van der Waals surface area contributed by atoms with Gasteiger partial charge in [-0.3, -0.25) is 0 Å². The minimum atomic E-state index is 0.424. The summed E-state index contributed by atoms with van der Waals surface area (Å²) in [5, 5.41) is 0.750. The van der Waals surface area contributed by atoms with Crippen molar-refractivity contribution < 1.29 is 0 Å². The van der Waals surface area contributed by atoms with E-state index in [9.17, 15) is 0 Å². The lowest BCUT2D eigenvalue weighted by Gasteiger charge is -2.21. The molecule has 1 aliphatic rings. The smallest absolute Gasteiger partial charge is 0.0201 e. The lowest BCUT2D eigenvalue weighted by molar-refractivity contribution is 0.469. The normalized spacial score (nSPS) is 29.4. The molecule has 10 heavy (non-hydrogen) atoms. The molecule has 0 aromatic heterocycles. The third-order valence-electron chi connectivity index (χ3n) is 2.16. The Bertz CT molecular complexity index is 97.4. The summed E-state index contributed by atoms with van der Waals surface area (Å²) in [6, 6.07) is 0.424. The lowest BCUT2D eigenvalue weighted by Crippen LogP contribution is -2.35. The van der Waals surface area contributed by atoms with Gasteiger partial charge in [-0.1, -0.05) is 13.8 Å². The van der Waals surface area contributed by atoms with Crippen LogP contribution in [0, 0.1) is 5.92 Å². The molecule has 0 aromatic carbocycles. The van der Waals surface area contributed by atoms with Gasteiger partial charge in [-0.2, -0.15) is 11.8 Å². The molecule has 1 fully saturated rings. The van der Waals surface area contributed by atoms with Gasteiger partial charge in [0.25, 0.3) is 0 Å². The molecule has 1 nitrogen and oxygen atoms in total. The largest absolute Gasteiger partial charge is 0.326 e. The quantitative estimate of drug-likeness (QED) is 0.665. The lowest BCUT2D eigenvalue weighted by atomic mass is 9.99. The number of thioether (sulfide) groups is 1. The Balaban J connectivity index is 2.32. The van der Waals surface area contributed by atoms with E-state index in [0.29, 0.717) is 12.0 Å². The minimum absolute atomic E-state index is 0.424. The highest BCUT2D eigenvalue weighted by molar-refractivity contribution is 8.00. The van der Waals surface area contributed by atoms with Gasteiger partial charge in [0.15, 0.2) is 0 Å². The molecule has 0 aliphatic carbocycles. The van der Waals surface area contributed by atoms with Crippen LogP contribution in [0.4, 0.5) is 0 Å². The van der Waals surface area contributed by atoms with Gasteiger partial charge in [-0.05, 0) is 24.5 Å². The molecule has 2 heteroatoms. The number of nitrogens with two attached hydrogens (primary N) is 1. The van der Waals surface area contributed by atoms with Crippen molar-refractivity contribution in [2.75, 3.05) is 5.75 Å². The molecule has 2 unspecified atom stereocenters. The fourth-order valence-corrected chi connectivity index (χ4v) is 2.84. The second kappa shape index (κ2) is 3.63. The Kier molecular flexibility index (Phi) is 3.05. The fourth-order valence-electron chi connectivity index (χ4n) is 1.34. The summed E-state index contributed by atoms with van der Waals surface area (Å²) in [7, 11) is 0. The van der Waals surface area contributed by atoms with Crippen LogP contribution in [0.25, 0.3) is 0 Å². The van der Waals surface area contributed by atoms with Crippen LogP contribution in [0.3, 0.4) is 0 Å². The molecule has 1 saturated heterocycles. The average Bonchev–Trinajstić information content (AvgIpc) is 2.36. The summed E-state index contributed by atoms with van der Waals surface area (Å²) in [6.45, 7) is 4.42. The van der Waals surface area contributed by atoms with Crippen molar-refractivity contribution >= 4 is 11.8 Å². The highest BCUT2D eigenvalue weighted by Gasteiger charge is 2.24. The van der Waals surface area contributed by atoms with Crippen LogP contribution in [-0.2, 0) is 0 Å². The first-order valence-corrected chi connectivity index (χ1v) is 5.14. The maximum absolute atomic E-state index is 6.00. The molecule has 0 amide bonds. The molecule has 0 bridgehead atoms. The number of hydrogen-bond acceptors (Lipinski definition) is 2. The van der Waals surface area contributed by atoms with Crippen molar-refractivity contribution in [1.82, 2.24) is 0 Å². The summed E-state index contributed by atoms with van der Waals surface area (Å²) in [5.74, 6) is 1.97. The molecule has 1 heterocycles. The van der Waals surface area contributed by atoms with Gasteiger partial charge in [0, 0.05) is 11.3 Å². The summed E-state index contributed by atoms with van der Waals surface area (Å²) in [4.78, 5) is 0. The van der Waals surface area contributed by atoms with Crippen LogP contribution in [0.5, 0.6) is 0 Å². The van der Waals surface area contributed by atoms with Gasteiger partial charge in [-0.15, -0.1) is 0 Å². The molecule has 60 valence electrons. The van der Waals surface area contributed by atoms with E-state index in [1.165, 1.54) is 18.6 Å². The Labute approximate surface area is 67.8 Å². The first-order chi connectivity index (χ1) is 4.72. The van der Waals surface area contributed by atoms with Crippen molar-refractivity contribution in [1.29, 1.82) is 0 Å². The highest BCUT2D eigenvalue weighted by Crippen LogP contribution is 2.30. The predicted octanol–water partition coefficient (Wildman–Crippen LogP) is 1.87. The predicted molar refractivity (Wildman–Crippen MR) is 48.3 cm³/mol. The van der Waals surface area contributed by atoms with Gasteiger partial charge in [-0.25, -0.2) is 0 Å². The Hall–Kier alpha value is 0.310. The van der Waals surface area contributed by atoms with Crippen LogP contribution in [0.1, 0.15) is 26.7 Å². The topological polar surface area (TPSA) is 26.0 Å². The standard InChI is InChI=1S/C8H17NS/c1-6(2)8(9)7-4-3-5-10-7/h6-8H,3-5,9H2,1-2H3. The monoisotopic (exact) mass is 159 g/mol. The molecule has 2 N–H and O–H groups in total. The zero-order chi connectivity index (χ0) is 7.56. The third kappa shape index (κ3) is 1.89. The van der Waals surface area contributed by atoms with Gasteiger partial charge in [0.2, 0.25) is 0 Å². The van der Waals surface area contributed by atoms with Crippen molar-refractivity contribution in [2.45, 2.75) is 38.0 Å². The van der Waals surface area contributed by atoms with E-state index in [0.717, 1.165) is 5.25 Å². The van der Waals surface area contributed by atoms with Crippen molar-refractivity contribution in [3.05, 3.63) is 0 Å². The van der Waals surface area contributed by atoms with Crippen molar-refractivity contribution in [3.63, 3.8) is 0 Å². The maximum Gasteiger partial charge on any atom is 0.0201 e. The molecule has 0 radical (unpaired) electrons. The van der Waals surface area contributed by atoms with Gasteiger partial charge in [0.1, 0.15) is 0 Å². The summed E-state index contributed by atoms with van der Waals surface area (Å²) in [5.41, 5.74) is 6.00. The zero-order valence-electron chi connectivity index (χ0n) is 6.84. The van der Waals surface area contributed by atoms with Crippen LogP contribution in [-0.4, -0.2) is 17.0 Å². The average molecular weight is 159 g/mol. The summed E-state index contributed by atoms with van der Waals surface area (Å²) < 4.78 is 0. The molecule has 1 rings (SSSR count). The molecule has 0 aromatic rings. The Morgan fingerprint density at radius 2 is 2.20 bits per heavy atom. The van der Waals surface area contributed by atoms with Crippen LogP contribution < -0.4 is 5.73 Å². The van der Waals surface area contributed by atoms with Gasteiger partial charge < -0.3 is 5.73 Å². The number of rotatable bonds is 2. The molecule has 2 atom stereocenters. The van der Waals surface area contributed by atoms with E-state index in [1.54, 1.807) is 0 Å². The minimum Gasteiger partial charge on any atom is -0.326 e. The molecular weight excluding hydrogens is 142 g/mol. The fraction of sp³-hybridized carbons (Fsp3) is 1.00. The second-order valence-corrected chi connectivity index (χ2v) is 4.72. The van der Waals surface area contributed by atoms with E-state index in [-0.39, 0.29) is 0 Å². The van der Waals surface area contributed by atoms with E-state index in [4.69, 9.17) is 5.73 Å². The molecule has 1 aliphatic heterocycles. The Morgan fingerprint density at radius 1 is 1.50 bits per heavy atom. The first kappa shape index (κ1) is 8.41. The third-order valence-corrected chi connectivity index (χ3v) is 3.67. The first-order valence-electron chi connectivity index (χ1n) is 4.09. The zero-order valence-corrected chi connectivity index (χ0v) is 7.66. The second-order valence-electron chi connectivity index (χ2n) is 3.37. The highest BCUT2D eigenvalue weighted by atomic mass is 32.2.